The van der Waals surface area contributed by atoms with Gasteiger partial charge < -0.3 is 24.4 Å². The zero-order valence-corrected chi connectivity index (χ0v) is 26.3. The van der Waals surface area contributed by atoms with Gasteiger partial charge in [0.05, 0.1) is 49.4 Å². The second-order valence-electron chi connectivity index (χ2n) is 9.64. The number of carbonyl (C=O) groups is 1. The summed E-state index contributed by atoms with van der Waals surface area (Å²) >= 11 is 7.33. The van der Waals surface area contributed by atoms with Gasteiger partial charge in [0.25, 0.3) is 5.56 Å². The van der Waals surface area contributed by atoms with E-state index >= 15 is 0 Å². The number of hydrogen-bond donors (Lipinski definition) is 1. The number of rotatable bonds is 9. The molecule has 3 heterocycles. The summed E-state index contributed by atoms with van der Waals surface area (Å²) in [6.07, 6.45) is 1.24. The van der Waals surface area contributed by atoms with Gasteiger partial charge in [0.15, 0.2) is 0 Å². The van der Waals surface area contributed by atoms with Gasteiger partial charge in [-0.25, -0.2) is 13.4 Å². The largest absolute Gasteiger partial charge is 0.495 e. The van der Waals surface area contributed by atoms with Crippen LogP contribution in [0.5, 0.6) is 17.2 Å². The number of hydrogen-bond acceptors (Lipinski definition) is 10. The highest BCUT2D eigenvalue weighted by Crippen LogP contribution is 2.37. The number of sulfonamides is 1. The smallest absolute Gasteiger partial charge is 0.263 e. The fraction of sp³-hybridized carbons (Fsp3) is 0.321. The molecule has 15 heteroatoms. The summed E-state index contributed by atoms with van der Waals surface area (Å²) in [5, 5.41) is 2.90. The molecule has 0 atom stereocenters. The number of para-hydroxylation sites is 2. The predicted molar refractivity (Wildman–Crippen MR) is 166 cm³/mol. The quantitative estimate of drug-likeness (QED) is 0.289. The summed E-state index contributed by atoms with van der Waals surface area (Å²) in [6.45, 7) is 2.58. The van der Waals surface area contributed by atoms with Crippen molar-refractivity contribution >= 4 is 60.5 Å². The van der Waals surface area contributed by atoms with Crippen LogP contribution in [-0.2, 0) is 21.4 Å². The third-order valence-corrected chi connectivity index (χ3v) is 10.6. The van der Waals surface area contributed by atoms with Crippen LogP contribution in [0.4, 0.5) is 11.4 Å². The lowest BCUT2D eigenvalue weighted by Gasteiger charge is -2.35. The number of carbonyl (C=O) groups excluding carboxylic acids is 1. The summed E-state index contributed by atoms with van der Waals surface area (Å²) < 4.78 is 46.3. The van der Waals surface area contributed by atoms with Crippen LogP contribution >= 0.6 is 22.9 Å². The van der Waals surface area contributed by atoms with Gasteiger partial charge in [-0.15, -0.1) is 11.3 Å². The average Bonchev–Trinajstić information content (AvgIpc) is 3.36. The first-order valence-electron chi connectivity index (χ1n) is 13.2. The van der Waals surface area contributed by atoms with Crippen LogP contribution in [0.1, 0.15) is 4.88 Å². The Labute approximate surface area is 257 Å². The molecule has 1 amide bonds. The Morgan fingerprint density at radius 2 is 1.70 bits per heavy atom. The summed E-state index contributed by atoms with van der Waals surface area (Å²) in [4.78, 5) is 33.6. The van der Waals surface area contributed by atoms with Crippen LogP contribution in [0.25, 0.3) is 10.2 Å². The van der Waals surface area contributed by atoms with Crippen molar-refractivity contribution in [3.8, 4) is 17.2 Å². The predicted octanol–water partition coefficient (Wildman–Crippen LogP) is 3.60. The minimum atomic E-state index is -4.05. The van der Waals surface area contributed by atoms with Gasteiger partial charge in [-0.3, -0.25) is 14.2 Å². The van der Waals surface area contributed by atoms with Crippen LogP contribution in [0.15, 0.2) is 52.4 Å². The van der Waals surface area contributed by atoms with Gasteiger partial charge in [-0.1, -0.05) is 23.7 Å². The number of thiophene rings is 1. The first kappa shape index (κ1) is 30.6. The van der Waals surface area contributed by atoms with Gasteiger partial charge in [-0.05, 0) is 25.1 Å². The number of halogens is 1. The van der Waals surface area contributed by atoms with E-state index in [1.807, 2.05) is 24.3 Å². The Kier molecular flexibility index (Phi) is 8.83. The van der Waals surface area contributed by atoms with Crippen molar-refractivity contribution < 1.29 is 27.4 Å². The molecule has 0 saturated carbocycles. The lowest BCUT2D eigenvalue weighted by Crippen LogP contribution is -2.49. The highest BCUT2D eigenvalue weighted by atomic mass is 35.5. The molecule has 0 unspecified atom stereocenters. The lowest BCUT2D eigenvalue weighted by molar-refractivity contribution is -0.116. The molecule has 0 spiro atoms. The number of anilines is 2. The minimum Gasteiger partial charge on any atom is -0.495 e. The maximum atomic E-state index is 13.9. The molecule has 1 N–H and O–H groups in total. The standard InChI is InChI=1S/C28H30ClN5O7S2/c1-17-26(43(37,38)34-11-9-32(10-12-34)20-7-5-6-8-21(20)39-2)25-27(42-17)30-16-33(28(25)36)15-24(35)31-19-13-18(29)22(40-3)14-23(19)41-4/h5-8,13-14,16H,9-12,15H2,1-4H3,(H,31,35). The Hall–Kier alpha value is -3.85. The molecule has 1 fully saturated rings. The summed E-state index contributed by atoms with van der Waals surface area (Å²) in [7, 11) is 0.438. The number of ether oxygens (including phenoxy) is 3. The van der Waals surface area contributed by atoms with Gasteiger partial charge in [0.1, 0.15) is 33.5 Å². The number of fused-ring (bicyclic) bond motifs is 1. The van der Waals surface area contributed by atoms with E-state index < -0.39 is 28.0 Å². The fourth-order valence-corrected chi connectivity index (χ4v) is 8.36. The van der Waals surface area contributed by atoms with Crippen LogP contribution in [0.2, 0.25) is 5.02 Å². The van der Waals surface area contributed by atoms with Gasteiger partial charge >= 0.3 is 0 Å². The zero-order valence-electron chi connectivity index (χ0n) is 23.9. The third kappa shape index (κ3) is 5.87. The number of benzene rings is 2. The van der Waals surface area contributed by atoms with Crippen molar-refractivity contribution in [1.82, 2.24) is 13.9 Å². The molecule has 12 nitrogen and oxygen atoms in total. The lowest BCUT2D eigenvalue weighted by atomic mass is 10.2. The highest BCUT2D eigenvalue weighted by Gasteiger charge is 2.34. The van der Waals surface area contributed by atoms with E-state index in [1.165, 1.54) is 37.0 Å². The van der Waals surface area contributed by atoms with Crippen molar-refractivity contribution in [2.75, 3.05) is 57.7 Å². The average molecular weight is 648 g/mol. The number of aryl methyl sites for hydroxylation is 1. The Balaban J connectivity index is 1.40. The molecular weight excluding hydrogens is 618 g/mol. The first-order chi connectivity index (χ1) is 20.6. The molecule has 2 aromatic heterocycles. The molecule has 43 heavy (non-hydrogen) atoms. The second-order valence-corrected chi connectivity index (χ2v) is 13.1. The number of methoxy groups -OCH3 is 3. The fourth-order valence-electron chi connectivity index (χ4n) is 5.03. The van der Waals surface area contributed by atoms with Crippen LogP contribution < -0.4 is 30.0 Å². The van der Waals surface area contributed by atoms with Crippen molar-refractivity contribution in [2.24, 2.45) is 0 Å². The van der Waals surface area contributed by atoms with E-state index in [0.717, 1.165) is 21.6 Å². The molecular formula is C28H30ClN5O7S2. The molecule has 228 valence electrons. The molecule has 0 bridgehead atoms. The molecule has 1 saturated heterocycles. The molecule has 2 aromatic carbocycles. The molecule has 0 radical (unpaired) electrons. The highest BCUT2D eigenvalue weighted by molar-refractivity contribution is 7.89. The van der Waals surface area contributed by atoms with Crippen molar-refractivity contribution in [3.63, 3.8) is 0 Å². The molecule has 1 aliphatic heterocycles. The second kappa shape index (κ2) is 12.4. The van der Waals surface area contributed by atoms with Crippen molar-refractivity contribution in [2.45, 2.75) is 18.4 Å². The first-order valence-corrected chi connectivity index (χ1v) is 15.8. The normalized spacial score (nSPS) is 14.1. The van der Waals surface area contributed by atoms with Gasteiger partial charge in [0.2, 0.25) is 15.9 Å². The SMILES string of the molecule is COc1cc(OC)c(NC(=O)Cn2cnc3sc(C)c(S(=O)(=O)N4CCN(c5ccccc5OC)CC4)c3c2=O)cc1Cl. The molecule has 5 rings (SSSR count). The van der Waals surface area contributed by atoms with Crippen molar-refractivity contribution in [1.29, 1.82) is 0 Å². The van der Waals surface area contributed by atoms with E-state index in [9.17, 15) is 18.0 Å². The molecule has 0 aliphatic carbocycles. The van der Waals surface area contributed by atoms with Crippen LogP contribution in [0.3, 0.4) is 0 Å². The van der Waals surface area contributed by atoms with Crippen LogP contribution in [0, 0.1) is 6.92 Å². The minimum absolute atomic E-state index is 0.0324. The van der Waals surface area contributed by atoms with E-state index in [4.69, 9.17) is 25.8 Å². The topological polar surface area (TPSA) is 132 Å². The summed E-state index contributed by atoms with van der Waals surface area (Å²) in [5.41, 5.74) is 0.539. The number of nitrogens with one attached hydrogen (secondary N) is 1. The Morgan fingerprint density at radius 1 is 1.02 bits per heavy atom. The maximum Gasteiger partial charge on any atom is 0.263 e. The van der Waals surface area contributed by atoms with E-state index in [0.29, 0.717) is 35.2 Å². The molecule has 4 aromatic rings. The number of nitrogens with zero attached hydrogens (tertiary/aromatic N) is 4. The van der Waals surface area contributed by atoms with Gasteiger partial charge in [-0.2, -0.15) is 4.31 Å². The number of piperazine rings is 1. The monoisotopic (exact) mass is 647 g/mol. The maximum absolute atomic E-state index is 13.9. The number of aromatic nitrogens is 2. The van der Waals surface area contributed by atoms with E-state index in [1.54, 1.807) is 14.0 Å². The van der Waals surface area contributed by atoms with E-state index in [-0.39, 0.29) is 38.9 Å². The summed E-state index contributed by atoms with van der Waals surface area (Å²) in [5.74, 6) is 0.822. The van der Waals surface area contributed by atoms with Crippen molar-refractivity contribution in [3.05, 3.63) is 63.0 Å². The summed E-state index contributed by atoms with van der Waals surface area (Å²) in [6, 6.07) is 10.6. The molecule has 1 aliphatic rings. The number of amides is 1. The zero-order chi connectivity index (χ0) is 30.9. The van der Waals surface area contributed by atoms with E-state index in [2.05, 4.69) is 15.2 Å². The van der Waals surface area contributed by atoms with Crippen LogP contribution in [-0.4, -0.2) is 75.7 Å². The Bertz CT molecular complexity index is 1850. The Morgan fingerprint density at radius 3 is 2.37 bits per heavy atom. The third-order valence-electron chi connectivity index (χ3n) is 7.12. The van der Waals surface area contributed by atoms with Gasteiger partial charge in [0, 0.05) is 37.1 Å².